The van der Waals surface area contributed by atoms with Gasteiger partial charge in [-0.25, -0.2) is 0 Å². The van der Waals surface area contributed by atoms with Crippen molar-refractivity contribution < 1.29 is 0 Å². The van der Waals surface area contributed by atoms with Crippen LogP contribution in [0.1, 0.15) is 31.0 Å². The van der Waals surface area contributed by atoms with Gasteiger partial charge in [0.2, 0.25) is 0 Å². The maximum Gasteiger partial charge on any atom is 0.0669 e. The van der Waals surface area contributed by atoms with Crippen LogP contribution in [0.5, 0.6) is 0 Å². The zero-order valence-electron chi connectivity index (χ0n) is 8.70. The zero-order chi connectivity index (χ0) is 10.6. The van der Waals surface area contributed by atoms with E-state index in [0.29, 0.717) is 12.3 Å². The lowest BCUT2D eigenvalue weighted by atomic mass is 9.95. The van der Waals surface area contributed by atoms with Crippen molar-refractivity contribution >= 4 is 0 Å². The van der Waals surface area contributed by atoms with E-state index in [1.807, 2.05) is 24.3 Å². The Kier molecular flexibility index (Phi) is 3.67. The summed E-state index contributed by atoms with van der Waals surface area (Å²) >= 11 is 0. The minimum atomic E-state index is 0.0636. The molecule has 0 saturated carbocycles. The summed E-state index contributed by atoms with van der Waals surface area (Å²) < 4.78 is 0. The van der Waals surface area contributed by atoms with Crippen molar-refractivity contribution in [3.63, 3.8) is 0 Å². The maximum absolute atomic E-state index is 8.58. The first-order chi connectivity index (χ1) is 6.65. The largest absolute Gasteiger partial charge is 0.324 e. The number of hydrogen-bond acceptors (Lipinski definition) is 2. The van der Waals surface area contributed by atoms with Crippen LogP contribution in [0.2, 0.25) is 0 Å². The third-order valence-electron chi connectivity index (χ3n) is 2.34. The van der Waals surface area contributed by atoms with E-state index in [2.05, 4.69) is 19.9 Å². The highest BCUT2D eigenvalue weighted by atomic mass is 14.6. The first-order valence-electron chi connectivity index (χ1n) is 4.86. The Balaban J connectivity index is 2.89. The van der Waals surface area contributed by atoms with E-state index < -0.39 is 0 Å². The van der Waals surface area contributed by atoms with Crippen LogP contribution in [0.4, 0.5) is 0 Å². The number of rotatable bonds is 3. The lowest BCUT2D eigenvalue weighted by Gasteiger charge is -2.16. The van der Waals surface area contributed by atoms with Crippen LogP contribution in [0, 0.1) is 17.2 Å². The number of nitriles is 1. The van der Waals surface area contributed by atoms with Crippen molar-refractivity contribution in [2.75, 3.05) is 0 Å². The predicted octanol–water partition coefficient (Wildman–Crippen LogP) is 2.41. The second-order valence-electron chi connectivity index (χ2n) is 3.85. The first-order valence-corrected chi connectivity index (χ1v) is 4.86. The van der Waals surface area contributed by atoms with E-state index in [4.69, 9.17) is 11.0 Å². The molecule has 0 heterocycles. The fourth-order valence-corrected chi connectivity index (χ4v) is 1.39. The van der Waals surface area contributed by atoms with Crippen molar-refractivity contribution in [3.8, 4) is 6.07 Å². The molecule has 1 aromatic carbocycles. The van der Waals surface area contributed by atoms with Crippen LogP contribution in [0.3, 0.4) is 0 Å². The molecule has 0 aliphatic heterocycles. The molecule has 0 fully saturated rings. The molecule has 0 spiro atoms. The van der Waals surface area contributed by atoms with Crippen molar-refractivity contribution in [3.05, 3.63) is 35.4 Å². The molecule has 14 heavy (non-hydrogen) atoms. The molecule has 0 aliphatic rings. The molecule has 0 saturated heterocycles. The van der Waals surface area contributed by atoms with Crippen LogP contribution < -0.4 is 5.73 Å². The number of nitrogens with two attached hydrogens (primary N) is 1. The van der Waals surface area contributed by atoms with Crippen molar-refractivity contribution in [1.82, 2.24) is 0 Å². The lowest BCUT2D eigenvalue weighted by Crippen LogP contribution is -2.16. The van der Waals surface area contributed by atoms with E-state index in [1.54, 1.807) is 0 Å². The number of hydrogen-bond donors (Lipinski definition) is 1. The second-order valence-corrected chi connectivity index (χ2v) is 3.85. The summed E-state index contributed by atoms with van der Waals surface area (Å²) in [6.45, 7) is 4.20. The first kappa shape index (κ1) is 10.7. The number of benzene rings is 1. The minimum absolute atomic E-state index is 0.0636. The van der Waals surface area contributed by atoms with Crippen LogP contribution in [-0.2, 0) is 6.42 Å². The summed E-state index contributed by atoms with van der Waals surface area (Å²) in [5.41, 5.74) is 8.18. The molecule has 1 unspecified atom stereocenters. The van der Waals surface area contributed by atoms with Gasteiger partial charge >= 0.3 is 0 Å². The molecular weight excluding hydrogens is 172 g/mol. The molecule has 1 atom stereocenters. The molecule has 1 rings (SSSR count). The molecule has 0 bridgehead atoms. The fraction of sp³-hybridized carbons (Fsp3) is 0.417. The van der Waals surface area contributed by atoms with E-state index in [-0.39, 0.29) is 6.04 Å². The Hall–Kier alpha value is -1.33. The minimum Gasteiger partial charge on any atom is -0.324 e. The SMILES string of the molecule is CC(C)C(N)c1cccc(CC#N)c1. The van der Waals surface area contributed by atoms with Gasteiger partial charge in [0.1, 0.15) is 0 Å². The smallest absolute Gasteiger partial charge is 0.0669 e. The van der Waals surface area contributed by atoms with Gasteiger partial charge in [0, 0.05) is 6.04 Å². The van der Waals surface area contributed by atoms with Crippen LogP contribution in [0.25, 0.3) is 0 Å². The van der Waals surface area contributed by atoms with Crippen LogP contribution in [-0.4, -0.2) is 0 Å². The predicted molar refractivity (Wildman–Crippen MR) is 57.5 cm³/mol. The Labute approximate surface area is 85.4 Å². The van der Waals surface area contributed by atoms with Crippen LogP contribution >= 0.6 is 0 Å². The topological polar surface area (TPSA) is 49.8 Å². The summed E-state index contributed by atoms with van der Waals surface area (Å²) in [5.74, 6) is 0.423. The van der Waals surface area contributed by atoms with Crippen molar-refractivity contribution in [1.29, 1.82) is 5.26 Å². The molecular formula is C12H16N2. The van der Waals surface area contributed by atoms with Crippen LogP contribution in [0.15, 0.2) is 24.3 Å². The van der Waals surface area contributed by atoms with Gasteiger partial charge in [0.05, 0.1) is 12.5 Å². The third kappa shape index (κ3) is 2.58. The summed E-state index contributed by atoms with van der Waals surface area (Å²) in [5, 5.41) is 8.58. The Morgan fingerprint density at radius 2 is 2.14 bits per heavy atom. The average Bonchev–Trinajstić information content (AvgIpc) is 2.17. The van der Waals surface area contributed by atoms with E-state index in [1.165, 1.54) is 0 Å². The highest BCUT2D eigenvalue weighted by molar-refractivity contribution is 5.27. The van der Waals surface area contributed by atoms with Gasteiger partial charge in [0.15, 0.2) is 0 Å². The molecule has 2 N–H and O–H groups in total. The molecule has 74 valence electrons. The summed E-state index contributed by atoms with van der Waals surface area (Å²) in [6.07, 6.45) is 0.457. The Morgan fingerprint density at radius 1 is 1.43 bits per heavy atom. The van der Waals surface area contributed by atoms with E-state index >= 15 is 0 Å². The van der Waals surface area contributed by atoms with Gasteiger partial charge in [-0.1, -0.05) is 38.1 Å². The molecule has 0 aromatic heterocycles. The van der Waals surface area contributed by atoms with Gasteiger partial charge in [-0.2, -0.15) is 5.26 Å². The summed E-state index contributed by atoms with van der Waals surface area (Å²) in [4.78, 5) is 0. The molecule has 2 nitrogen and oxygen atoms in total. The van der Waals surface area contributed by atoms with Gasteiger partial charge in [-0.05, 0) is 17.0 Å². The van der Waals surface area contributed by atoms with E-state index in [9.17, 15) is 0 Å². The molecule has 1 aromatic rings. The monoisotopic (exact) mass is 188 g/mol. The average molecular weight is 188 g/mol. The standard InChI is InChI=1S/C12H16N2/c1-9(2)12(14)11-5-3-4-10(8-11)6-7-13/h3-5,8-9,12H,6,14H2,1-2H3. The van der Waals surface area contributed by atoms with Gasteiger partial charge in [-0.3, -0.25) is 0 Å². The maximum atomic E-state index is 8.58. The van der Waals surface area contributed by atoms with Gasteiger partial charge in [-0.15, -0.1) is 0 Å². The summed E-state index contributed by atoms with van der Waals surface area (Å²) in [6, 6.07) is 10.2. The third-order valence-corrected chi connectivity index (χ3v) is 2.34. The quantitative estimate of drug-likeness (QED) is 0.791. The molecule has 0 aliphatic carbocycles. The van der Waals surface area contributed by atoms with E-state index in [0.717, 1.165) is 11.1 Å². The highest BCUT2D eigenvalue weighted by Crippen LogP contribution is 2.19. The van der Waals surface area contributed by atoms with Crippen molar-refractivity contribution in [2.24, 2.45) is 11.7 Å². The Bertz CT molecular complexity index is 336. The molecule has 0 radical (unpaired) electrons. The summed E-state index contributed by atoms with van der Waals surface area (Å²) in [7, 11) is 0. The normalized spacial score (nSPS) is 12.5. The molecule has 0 amide bonds. The fourth-order valence-electron chi connectivity index (χ4n) is 1.39. The highest BCUT2D eigenvalue weighted by Gasteiger charge is 2.10. The van der Waals surface area contributed by atoms with Crippen molar-refractivity contribution in [2.45, 2.75) is 26.3 Å². The molecule has 2 heteroatoms. The Morgan fingerprint density at radius 3 is 2.71 bits per heavy atom. The van der Waals surface area contributed by atoms with Gasteiger partial charge in [0.25, 0.3) is 0 Å². The zero-order valence-corrected chi connectivity index (χ0v) is 8.70. The van der Waals surface area contributed by atoms with Gasteiger partial charge < -0.3 is 5.73 Å². The lowest BCUT2D eigenvalue weighted by molar-refractivity contribution is 0.514. The number of nitrogens with zero attached hydrogens (tertiary/aromatic N) is 1. The second kappa shape index (κ2) is 4.78.